The van der Waals surface area contributed by atoms with E-state index in [9.17, 15) is 9.18 Å². The smallest absolute Gasteiger partial charge is 0.261 e. The van der Waals surface area contributed by atoms with Crippen molar-refractivity contribution >= 4 is 22.5 Å². The fraction of sp³-hybridized carbons (Fsp3) is 0.300. The summed E-state index contributed by atoms with van der Waals surface area (Å²) in [6, 6.07) is 11.6. The zero-order valence-corrected chi connectivity index (χ0v) is 14.5. The maximum Gasteiger partial charge on any atom is 0.261 e. The lowest BCUT2D eigenvalue weighted by molar-refractivity contribution is 0.348. The lowest BCUT2D eigenvalue weighted by Gasteiger charge is -2.26. The highest BCUT2D eigenvalue weighted by atomic mass is 35.5. The van der Waals surface area contributed by atoms with Crippen LogP contribution in [0.25, 0.3) is 22.3 Å². The van der Waals surface area contributed by atoms with Crippen molar-refractivity contribution in [3.05, 3.63) is 63.7 Å². The minimum Gasteiger partial charge on any atom is -0.289 e. The lowest BCUT2D eigenvalue weighted by atomic mass is 9.94. The van der Waals surface area contributed by atoms with E-state index in [4.69, 9.17) is 11.6 Å². The summed E-state index contributed by atoms with van der Waals surface area (Å²) in [5.41, 5.74) is 0.955. The average molecular weight is 357 g/mol. The first-order valence-electron chi connectivity index (χ1n) is 8.62. The van der Waals surface area contributed by atoms with Gasteiger partial charge in [-0.1, -0.05) is 43.0 Å². The van der Waals surface area contributed by atoms with E-state index in [0.29, 0.717) is 27.3 Å². The van der Waals surface area contributed by atoms with Gasteiger partial charge in [0.1, 0.15) is 11.6 Å². The molecule has 1 heterocycles. The van der Waals surface area contributed by atoms with E-state index < -0.39 is 5.82 Å². The molecule has 1 aliphatic carbocycles. The van der Waals surface area contributed by atoms with Crippen LogP contribution in [0.5, 0.6) is 0 Å². The largest absolute Gasteiger partial charge is 0.289 e. The fourth-order valence-electron chi connectivity index (χ4n) is 3.68. The Kier molecular flexibility index (Phi) is 4.30. The summed E-state index contributed by atoms with van der Waals surface area (Å²) in [7, 11) is 0. The van der Waals surface area contributed by atoms with Gasteiger partial charge in [0, 0.05) is 17.7 Å². The highest BCUT2D eigenvalue weighted by molar-refractivity contribution is 6.33. The fourth-order valence-corrected chi connectivity index (χ4v) is 3.90. The Bertz CT molecular complexity index is 993. The van der Waals surface area contributed by atoms with E-state index in [-0.39, 0.29) is 11.6 Å². The molecule has 0 aliphatic heterocycles. The molecule has 0 bridgehead atoms. The molecule has 0 spiro atoms. The quantitative estimate of drug-likeness (QED) is 0.619. The van der Waals surface area contributed by atoms with E-state index >= 15 is 0 Å². The molecule has 5 heteroatoms. The van der Waals surface area contributed by atoms with Gasteiger partial charge in [-0.25, -0.2) is 9.37 Å². The summed E-state index contributed by atoms with van der Waals surface area (Å²) in [6.07, 6.45) is 5.29. The van der Waals surface area contributed by atoms with Crippen LogP contribution in [0.4, 0.5) is 4.39 Å². The van der Waals surface area contributed by atoms with Crippen molar-refractivity contribution < 1.29 is 4.39 Å². The Labute approximate surface area is 150 Å². The third-order valence-corrected chi connectivity index (χ3v) is 5.25. The number of nitrogens with zero attached hydrogens (tertiary/aromatic N) is 2. The second-order valence-electron chi connectivity index (χ2n) is 6.54. The molecule has 0 atom stereocenters. The van der Waals surface area contributed by atoms with Gasteiger partial charge < -0.3 is 0 Å². The molecule has 0 saturated heterocycles. The summed E-state index contributed by atoms with van der Waals surface area (Å²) in [6.45, 7) is 0. The third kappa shape index (κ3) is 2.95. The normalized spacial score (nSPS) is 15.6. The first-order chi connectivity index (χ1) is 12.1. The first kappa shape index (κ1) is 16.3. The predicted octanol–water partition coefficient (Wildman–Crippen LogP) is 5.36. The number of rotatable bonds is 2. The van der Waals surface area contributed by atoms with Crippen LogP contribution in [0.15, 0.2) is 47.3 Å². The zero-order chi connectivity index (χ0) is 17.4. The van der Waals surface area contributed by atoms with E-state index in [1.165, 1.54) is 24.6 Å². The lowest BCUT2D eigenvalue weighted by Crippen LogP contribution is -2.29. The minimum absolute atomic E-state index is 0.106. The number of fused-ring (bicyclic) bond motifs is 1. The molecule has 3 nitrogen and oxygen atoms in total. The molecule has 0 N–H and O–H groups in total. The predicted molar refractivity (Wildman–Crippen MR) is 98.5 cm³/mol. The molecule has 4 rings (SSSR count). The molecule has 3 aromatic rings. The molecule has 1 aromatic heterocycles. The second-order valence-corrected chi connectivity index (χ2v) is 6.95. The van der Waals surface area contributed by atoms with E-state index in [1.807, 2.05) is 18.2 Å². The number of halogens is 2. The summed E-state index contributed by atoms with van der Waals surface area (Å²) in [4.78, 5) is 17.8. The molecule has 0 radical (unpaired) electrons. The van der Waals surface area contributed by atoms with Crippen LogP contribution >= 0.6 is 11.6 Å². The van der Waals surface area contributed by atoms with E-state index in [0.717, 1.165) is 25.7 Å². The Morgan fingerprint density at radius 3 is 2.60 bits per heavy atom. The van der Waals surface area contributed by atoms with Gasteiger partial charge in [-0.05, 0) is 37.1 Å². The van der Waals surface area contributed by atoms with Crippen LogP contribution in [-0.4, -0.2) is 9.55 Å². The van der Waals surface area contributed by atoms with E-state index in [1.54, 1.807) is 10.6 Å². The molecule has 1 saturated carbocycles. The van der Waals surface area contributed by atoms with Crippen molar-refractivity contribution in [2.75, 3.05) is 0 Å². The highest BCUT2D eigenvalue weighted by Gasteiger charge is 2.23. The van der Waals surface area contributed by atoms with Gasteiger partial charge in [0.2, 0.25) is 0 Å². The number of benzene rings is 2. The summed E-state index contributed by atoms with van der Waals surface area (Å²) < 4.78 is 15.4. The number of aromatic nitrogens is 2. The van der Waals surface area contributed by atoms with Crippen molar-refractivity contribution in [1.82, 2.24) is 9.55 Å². The summed E-state index contributed by atoms with van der Waals surface area (Å²) in [5.74, 6) is 0.125. The number of hydrogen-bond acceptors (Lipinski definition) is 2. The SMILES string of the molecule is O=c1c2ccc(F)cc2nc(-c2ccccc2Cl)n1C1CCCCC1. The highest BCUT2D eigenvalue weighted by Crippen LogP contribution is 2.33. The molecule has 2 aromatic carbocycles. The van der Waals surface area contributed by atoms with Crippen LogP contribution < -0.4 is 5.56 Å². The maximum atomic E-state index is 13.7. The zero-order valence-electron chi connectivity index (χ0n) is 13.7. The Morgan fingerprint density at radius 1 is 1.08 bits per heavy atom. The van der Waals surface area contributed by atoms with Gasteiger partial charge in [0.25, 0.3) is 5.56 Å². The van der Waals surface area contributed by atoms with E-state index in [2.05, 4.69) is 4.98 Å². The van der Waals surface area contributed by atoms with Crippen LogP contribution in [0, 0.1) is 5.82 Å². The van der Waals surface area contributed by atoms with Gasteiger partial charge >= 0.3 is 0 Å². The van der Waals surface area contributed by atoms with Crippen LogP contribution in [0.2, 0.25) is 5.02 Å². The Hall–Kier alpha value is -2.20. The first-order valence-corrected chi connectivity index (χ1v) is 8.99. The van der Waals surface area contributed by atoms with Gasteiger partial charge in [-0.3, -0.25) is 9.36 Å². The standard InChI is InChI=1S/C20H18ClFN2O/c21-17-9-5-4-8-15(17)19-23-18-12-13(22)10-11-16(18)20(25)24(19)14-6-2-1-3-7-14/h4-5,8-12,14H,1-3,6-7H2. The van der Waals surface area contributed by atoms with Crippen LogP contribution in [0.1, 0.15) is 38.1 Å². The molecular weight excluding hydrogens is 339 g/mol. The number of hydrogen-bond donors (Lipinski definition) is 0. The average Bonchev–Trinajstić information content (AvgIpc) is 2.62. The van der Waals surface area contributed by atoms with Gasteiger partial charge in [-0.2, -0.15) is 0 Å². The maximum absolute atomic E-state index is 13.7. The molecule has 1 fully saturated rings. The summed E-state index contributed by atoms with van der Waals surface area (Å²) in [5, 5.41) is 0.984. The molecular formula is C20H18ClFN2O. The summed E-state index contributed by atoms with van der Waals surface area (Å²) >= 11 is 6.38. The van der Waals surface area contributed by atoms with Crippen LogP contribution in [-0.2, 0) is 0 Å². The van der Waals surface area contributed by atoms with Gasteiger partial charge in [0.15, 0.2) is 0 Å². The van der Waals surface area contributed by atoms with Crippen LogP contribution in [0.3, 0.4) is 0 Å². The molecule has 25 heavy (non-hydrogen) atoms. The van der Waals surface area contributed by atoms with Crippen molar-refractivity contribution in [3.8, 4) is 11.4 Å². The minimum atomic E-state index is -0.403. The van der Waals surface area contributed by atoms with Crippen molar-refractivity contribution in [1.29, 1.82) is 0 Å². The second kappa shape index (κ2) is 6.60. The molecule has 128 valence electrons. The Morgan fingerprint density at radius 2 is 1.84 bits per heavy atom. The third-order valence-electron chi connectivity index (χ3n) is 4.92. The van der Waals surface area contributed by atoms with Crippen molar-refractivity contribution in [2.45, 2.75) is 38.1 Å². The van der Waals surface area contributed by atoms with Crippen molar-refractivity contribution in [2.24, 2.45) is 0 Å². The Balaban J connectivity index is 2.04. The van der Waals surface area contributed by atoms with Gasteiger partial charge in [0.05, 0.1) is 15.9 Å². The molecule has 1 aliphatic rings. The molecule has 0 unspecified atom stereocenters. The van der Waals surface area contributed by atoms with Gasteiger partial charge in [-0.15, -0.1) is 0 Å². The van der Waals surface area contributed by atoms with Crippen molar-refractivity contribution in [3.63, 3.8) is 0 Å². The molecule has 0 amide bonds. The topological polar surface area (TPSA) is 34.9 Å². The monoisotopic (exact) mass is 356 g/mol.